The molecule has 0 unspecified atom stereocenters. The van der Waals surface area contributed by atoms with Gasteiger partial charge in [-0.3, -0.25) is 0 Å². The summed E-state index contributed by atoms with van der Waals surface area (Å²) >= 11 is 3.10. The van der Waals surface area contributed by atoms with Crippen LogP contribution in [0.1, 0.15) is 11.1 Å². The zero-order valence-electron chi connectivity index (χ0n) is 10.4. The number of hydrogen-bond acceptors (Lipinski definition) is 1. The van der Waals surface area contributed by atoms with Crippen molar-refractivity contribution in [2.45, 2.75) is 12.7 Å². The van der Waals surface area contributed by atoms with Crippen LogP contribution in [0.15, 0.2) is 40.9 Å². The Labute approximate surface area is 125 Å². The van der Waals surface area contributed by atoms with Crippen LogP contribution in [0.3, 0.4) is 0 Å². The van der Waals surface area contributed by atoms with Crippen molar-refractivity contribution in [2.24, 2.45) is 0 Å². The highest BCUT2D eigenvalue weighted by atomic mass is 79.9. The quantitative estimate of drug-likeness (QED) is 0.722. The fraction of sp³-hybridized carbons (Fsp3) is 0.143. The van der Waals surface area contributed by atoms with Gasteiger partial charge in [-0.2, -0.15) is 13.2 Å². The topological polar surface area (TPSA) is 12.0 Å². The summed E-state index contributed by atoms with van der Waals surface area (Å²) in [7, 11) is 0. The molecule has 0 aliphatic rings. The highest BCUT2D eigenvalue weighted by molar-refractivity contribution is 9.10. The van der Waals surface area contributed by atoms with E-state index in [0.717, 1.165) is 6.07 Å². The van der Waals surface area contributed by atoms with Gasteiger partial charge in [0.05, 0.1) is 5.56 Å². The first kappa shape index (κ1) is 15.8. The van der Waals surface area contributed by atoms with Crippen LogP contribution >= 0.6 is 15.9 Å². The van der Waals surface area contributed by atoms with Gasteiger partial charge >= 0.3 is 6.18 Å². The van der Waals surface area contributed by atoms with Crippen LogP contribution in [0.2, 0.25) is 0 Å². The summed E-state index contributed by atoms with van der Waals surface area (Å²) in [5, 5.41) is 2.64. The van der Waals surface area contributed by atoms with Gasteiger partial charge in [-0.25, -0.2) is 8.78 Å². The Morgan fingerprint density at radius 1 is 0.952 bits per heavy atom. The van der Waals surface area contributed by atoms with Gasteiger partial charge in [0.1, 0.15) is 11.6 Å². The van der Waals surface area contributed by atoms with E-state index in [4.69, 9.17) is 0 Å². The van der Waals surface area contributed by atoms with Crippen molar-refractivity contribution in [2.75, 3.05) is 5.32 Å². The zero-order chi connectivity index (χ0) is 15.6. The monoisotopic (exact) mass is 365 g/mol. The molecule has 2 aromatic rings. The van der Waals surface area contributed by atoms with E-state index < -0.39 is 23.4 Å². The van der Waals surface area contributed by atoms with E-state index in [1.807, 2.05) is 0 Å². The highest BCUT2D eigenvalue weighted by Gasteiger charge is 2.34. The first-order valence-electron chi connectivity index (χ1n) is 5.82. The zero-order valence-corrected chi connectivity index (χ0v) is 12.0. The van der Waals surface area contributed by atoms with Crippen molar-refractivity contribution < 1.29 is 22.0 Å². The van der Waals surface area contributed by atoms with Gasteiger partial charge < -0.3 is 5.32 Å². The van der Waals surface area contributed by atoms with Crippen LogP contribution in [0.25, 0.3) is 0 Å². The minimum absolute atomic E-state index is 0.0119. The second kappa shape index (κ2) is 6.01. The molecule has 7 heteroatoms. The minimum Gasteiger partial charge on any atom is -0.381 e. The van der Waals surface area contributed by atoms with Crippen LogP contribution in [0.5, 0.6) is 0 Å². The molecule has 1 N–H and O–H groups in total. The van der Waals surface area contributed by atoms with E-state index >= 15 is 0 Å². The molecule has 2 rings (SSSR count). The Bertz CT molecular complexity index is 654. The van der Waals surface area contributed by atoms with Crippen molar-refractivity contribution in [1.82, 2.24) is 0 Å². The molecule has 1 nitrogen and oxygen atoms in total. The van der Waals surface area contributed by atoms with Gasteiger partial charge in [-0.1, -0.05) is 22.0 Å². The van der Waals surface area contributed by atoms with Gasteiger partial charge in [0.15, 0.2) is 0 Å². The largest absolute Gasteiger partial charge is 0.419 e. The Balaban J connectivity index is 2.17. The summed E-state index contributed by atoms with van der Waals surface area (Å²) in [4.78, 5) is 0. The van der Waals surface area contributed by atoms with Crippen LogP contribution < -0.4 is 5.32 Å². The average molecular weight is 366 g/mol. The molecular weight excluding hydrogens is 357 g/mol. The maximum atomic E-state index is 13.6. The third-order valence-corrected chi connectivity index (χ3v) is 3.26. The number of halogens is 6. The van der Waals surface area contributed by atoms with Crippen molar-refractivity contribution in [3.05, 3.63) is 63.6 Å². The molecule has 0 aliphatic heterocycles. The average Bonchev–Trinajstić information content (AvgIpc) is 2.38. The summed E-state index contributed by atoms with van der Waals surface area (Å²) in [6.07, 6.45) is -4.77. The number of hydrogen-bond donors (Lipinski definition) is 1. The smallest absolute Gasteiger partial charge is 0.381 e. The molecule has 112 valence electrons. The Kier molecular flexibility index (Phi) is 4.51. The lowest BCUT2D eigenvalue weighted by Gasteiger charge is -2.12. The molecule has 21 heavy (non-hydrogen) atoms. The predicted molar refractivity (Wildman–Crippen MR) is 72.8 cm³/mol. The Morgan fingerprint density at radius 3 is 2.29 bits per heavy atom. The molecular formula is C14H9BrF5N. The van der Waals surface area contributed by atoms with Gasteiger partial charge in [-0.05, 0) is 30.3 Å². The van der Waals surface area contributed by atoms with Gasteiger partial charge in [0, 0.05) is 22.3 Å². The molecule has 0 saturated heterocycles. The SMILES string of the molecule is Fc1cc(Br)ccc1CNc1ccc(F)c(C(F)(F)F)c1. The second-order valence-electron chi connectivity index (χ2n) is 4.28. The molecule has 0 radical (unpaired) electrons. The molecule has 2 aromatic carbocycles. The second-order valence-corrected chi connectivity index (χ2v) is 5.20. The molecule has 0 bridgehead atoms. The third-order valence-electron chi connectivity index (χ3n) is 2.77. The van der Waals surface area contributed by atoms with E-state index in [9.17, 15) is 22.0 Å². The first-order chi connectivity index (χ1) is 9.77. The van der Waals surface area contributed by atoms with Crippen LogP contribution in [0, 0.1) is 11.6 Å². The fourth-order valence-corrected chi connectivity index (χ4v) is 2.05. The number of benzene rings is 2. The predicted octanol–water partition coefficient (Wildman–Crippen LogP) is 5.36. The van der Waals surface area contributed by atoms with E-state index in [1.54, 1.807) is 6.07 Å². The van der Waals surface area contributed by atoms with E-state index in [1.165, 1.54) is 18.2 Å². The number of anilines is 1. The lowest BCUT2D eigenvalue weighted by molar-refractivity contribution is -0.139. The molecule has 0 fully saturated rings. The maximum Gasteiger partial charge on any atom is 0.419 e. The Hall–Kier alpha value is -1.63. The lowest BCUT2D eigenvalue weighted by atomic mass is 10.1. The molecule has 0 spiro atoms. The molecule has 0 aromatic heterocycles. The number of alkyl halides is 3. The molecule has 0 aliphatic carbocycles. The lowest BCUT2D eigenvalue weighted by Crippen LogP contribution is -2.09. The molecule has 0 saturated carbocycles. The first-order valence-corrected chi connectivity index (χ1v) is 6.61. The summed E-state index contributed by atoms with van der Waals surface area (Å²) < 4.78 is 65.0. The maximum absolute atomic E-state index is 13.6. The van der Waals surface area contributed by atoms with Gasteiger partial charge in [0.2, 0.25) is 0 Å². The summed E-state index contributed by atoms with van der Waals surface area (Å²) in [5.41, 5.74) is -1.01. The number of nitrogens with one attached hydrogen (secondary N) is 1. The van der Waals surface area contributed by atoms with Crippen LogP contribution in [-0.2, 0) is 12.7 Å². The minimum atomic E-state index is -4.77. The van der Waals surface area contributed by atoms with Gasteiger partial charge in [0.25, 0.3) is 0 Å². The van der Waals surface area contributed by atoms with Gasteiger partial charge in [-0.15, -0.1) is 0 Å². The molecule has 0 amide bonds. The van der Waals surface area contributed by atoms with Crippen LogP contribution in [0.4, 0.5) is 27.6 Å². The van der Waals surface area contributed by atoms with E-state index in [2.05, 4.69) is 21.2 Å². The Morgan fingerprint density at radius 2 is 1.67 bits per heavy atom. The normalized spacial score (nSPS) is 11.5. The van der Waals surface area contributed by atoms with Crippen molar-refractivity contribution in [3.63, 3.8) is 0 Å². The van der Waals surface area contributed by atoms with Crippen molar-refractivity contribution >= 4 is 21.6 Å². The van der Waals surface area contributed by atoms with Crippen molar-refractivity contribution in [3.8, 4) is 0 Å². The van der Waals surface area contributed by atoms with E-state index in [0.29, 0.717) is 10.5 Å². The van der Waals surface area contributed by atoms with E-state index in [-0.39, 0.29) is 17.8 Å². The highest BCUT2D eigenvalue weighted by Crippen LogP contribution is 2.33. The van der Waals surface area contributed by atoms with Crippen molar-refractivity contribution in [1.29, 1.82) is 0 Å². The molecule has 0 atom stereocenters. The standard InChI is InChI=1S/C14H9BrF5N/c15-9-2-1-8(13(17)5-9)7-21-10-3-4-12(16)11(6-10)14(18,19)20/h1-6,21H,7H2. The third kappa shape index (κ3) is 3.93. The van der Waals surface area contributed by atoms with Crippen LogP contribution in [-0.4, -0.2) is 0 Å². The summed E-state index contributed by atoms with van der Waals surface area (Å²) in [5.74, 6) is -1.84. The summed E-state index contributed by atoms with van der Waals surface area (Å²) in [6.45, 7) is -0.0119. The molecule has 0 heterocycles. The summed E-state index contributed by atoms with van der Waals surface area (Å²) in [6, 6.07) is 6.92. The fourth-order valence-electron chi connectivity index (χ4n) is 1.71. The number of rotatable bonds is 3.